The molecule has 0 radical (unpaired) electrons. The average Bonchev–Trinajstić information content (AvgIpc) is 2.56. The molecule has 0 saturated heterocycles. The zero-order valence-electron chi connectivity index (χ0n) is 12.7. The van der Waals surface area contributed by atoms with E-state index in [4.69, 9.17) is 16.3 Å². The Hall–Kier alpha value is -2.52. The Kier molecular flexibility index (Phi) is 4.49. The summed E-state index contributed by atoms with van der Waals surface area (Å²) in [5.74, 6) is 0.424. The fourth-order valence-corrected chi connectivity index (χ4v) is 2.44. The Morgan fingerprint density at radius 2 is 1.83 bits per heavy atom. The minimum Gasteiger partial charge on any atom is -0.484 e. The fraction of sp³-hybridized carbons (Fsp3) is 0.105. The van der Waals surface area contributed by atoms with Gasteiger partial charge < -0.3 is 10.1 Å². The van der Waals surface area contributed by atoms with Crippen LogP contribution in [0.5, 0.6) is 5.75 Å². The summed E-state index contributed by atoms with van der Waals surface area (Å²) in [6, 6.07) is 19.1. The van der Waals surface area contributed by atoms with Crippen LogP contribution in [0, 0.1) is 6.92 Å². The van der Waals surface area contributed by atoms with Crippen molar-refractivity contribution < 1.29 is 9.53 Å². The molecule has 23 heavy (non-hydrogen) atoms. The molecule has 0 aliphatic heterocycles. The maximum atomic E-state index is 12.0. The monoisotopic (exact) mass is 325 g/mol. The molecule has 0 aliphatic rings. The smallest absolute Gasteiger partial charge is 0.262 e. The number of hydrogen-bond donors (Lipinski definition) is 1. The van der Waals surface area contributed by atoms with Crippen LogP contribution in [0.4, 0.5) is 5.69 Å². The van der Waals surface area contributed by atoms with Crippen molar-refractivity contribution in [1.29, 1.82) is 0 Å². The minimum atomic E-state index is -0.201. The molecule has 0 bridgehead atoms. The molecule has 116 valence electrons. The molecule has 3 aromatic carbocycles. The van der Waals surface area contributed by atoms with Crippen LogP contribution >= 0.6 is 11.6 Å². The summed E-state index contributed by atoms with van der Waals surface area (Å²) in [4.78, 5) is 12.0. The van der Waals surface area contributed by atoms with Crippen molar-refractivity contribution in [2.75, 3.05) is 11.9 Å². The predicted octanol–water partition coefficient (Wildman–Crippen LogP) is 4.82. The third kappa shape index (κ3) is 3.82. The van der Waals surface area contributed by atoms with Gasteiger partial charge in [-0.05, 0) is 53.6 Å². The SMILES string of the molecule is Cc1cc(OCC(=O)Nc2ccc3ccccc3c2)ccc1Cl. The lowest BCUT2D eigenvalue weighted by molar-refractivity contribution is -0.118. The number of anilines is 1. The van der Waals surface area contributed by atoms with E-state index in [-0.39, 0.29) is 12.5 Å². The Labute approximate surface area is 139 Å². The number of fused-ring (bicyclic) bond motifs is 1. The normalized spacial score (nSPS) is 10.5. The van der Waals surface area contributed by atoms with Crippen LogP contribution in [0.1, 0.15) is 5.56 Å². The first-order chi connectivity index (χ1) is 11.1. The number of nitrogens with one attached hydrogen (secondary N) is 1. The third-order valence-electron chi connectivity index (χ3n) is 3.53. The van der Waals surface area contributed by atoms with Crippen LogP contribution in [-0.4, -0.2) is 12.5 Å². The van der Waals surface area contributed by atoms with Crippen molar-refractivity contribution in [2.45, 2.75) is 6.92 Å². The van der Waals surface area contributed by atoms with Crippen LogP contribution in [0.2, 0.25) is 5.02 Å². The first kappa shape index (κ1) is 15.4. The maximum Gasteiger partial charge on any atom is 0.262 e. The van der Waals surface area contributed by atoms with E-state index < -0.39 is 0 Å². The number of amides is 1. The summed E-state index contributed by atoms with van der Waals surface area (Å²) in [6.07, 6.45) is 0. The molecule has 1 amide bonds. The highest BCUT2D eigenvalue weighted by molar-refractivity contribution is 6.31. The lowest BCUT2D eigenvalue weighted by Crippen LogP contribution is -2.20. The van der Waals surface area contributed by atoms with Crippen molar-refractivity contribution in [1.82, 2.24) is 0 Å². The molecule has 4 heteroatoms. The van der Waals surface area contributed by atoms with E-state index in [1.165, 1.54) is 0 Å². The van der Waals surface area contributed by atoms with Gasteiger partial charge in [-0.25, -0.2) is 0 Å². The van der Waals surface area contributed by atoms with E-state index in [2.05, 4.69) is 5.32 Å². The fourth-order valence-electron chi connectivity index (χ4n) is 2.32. The Morgan fingerprint density at radius 3 is 2.61 bits per heavy atom. The van der Waals surface area contributed by atoms with E-state index in [1.807, 2.05) is 55.5 Å². The van der Waals surface area contributed by atoms with Gasteiger partial charge in [-0.2, -0.15) is 0 Å². The van der Waals surface area contributed by atoms with Crippen LogP contribution in [0.25, 0.3) is 10.8 Å². The Bertz CT molecular complexity index is 861. The standard InChI is InChI=1S/C19H16ClNO2/c1-13-10-17(8-9-18(13)20)23-12-19(22)21-16-7-6-14-4-2-3-5-15(14)11-16/h2-11H,12H2,1H3,(H,21,22). The lowest BCUT2D eigenvalue weighted by Gasteiger charge is -2.09. The highest BCUT2D eigenvalue weighted by Crippen LogP contribution is 2.21. The van der Waals surface area contributed by atoms with Crippen molar-refractivity contribution in [3.63, 3.8) is 0 Å². The Morgan fingerprint density at radius 1 is 1.04 bits per heavy atom. The van der Waals surface area contributed by atoms with Crippen molar-refractivity contribution in [2.24, 2.45) is 0 Å². The number of benzene rings is 3. The molecule has 0 fully saturated rings. The summed E-state index contributed by atoms with van der Waals surface area (Å²) in [6.45, 7) is 1.85. The van der Waals surface area contributed by atoms with Gasteiger partial charge in [0.15, 0.2) is 6.61 Å². The van der Waals surface area contributed by atoms with Crippen LogP contribution in [-0.2, 0) is 4.79 Å². The molecular formula is C19H16ClNO2. The van der Waals surface area contributed by atoms with Crippen molar-refractivity contribution in [3.8, 4) is 5.75 Å². The number of halogens is 1. The average molecular weight is 326 g/mol. The van der Waals surface area contributed by atoms with E-state index >= 15 is 0 Å². The molecule has 3 nitrogen and oxygen atoms in total. The molecule has 3 rings (SSSR count). The van der Waals surface area contributed by atoms with Crippen molar-refractivity contribution in [3.05, 3.63) is 71.2 Å². The van der Waals surface area contributed by atoms with Gasteiger partial charge in [-0.1, -0.05) is 41.9 Å². The second-order valence-corrected chi connectivity index (χ2v) is 5.72. The van der Waals surface area contributed by atoms with E-state index in [1.54, 1.807) is 12.1 Å². The van der Waals surface area contributed by atoms with Gasteiger partial charge in [-0.15, -0.1) is 0 Å². The molecule has 0 unspecified atom stereocenters. The van der Waals surface area contributed by atoms with Gasteiger partial charge in [0.25, 0.3) is 5.91 Å². The molecule has 0 aromatic heterocycles. The topological polar surface area (TPSA) is 38.3 Å². The quantitative estimate of drug-likeness (QED) is 0.747. The molecule has 0 saturated carbocycles. The van der Waals surface area contributed by atoms with E-state index in [9.17, 15) is 4.79 Å². The second-order valence-electron chi connectivity index (χ2n) is 5.31. The van der Waals surface area contributed by atoms with Crippen LogP contribution in [0.3, 0.4) is 0 Å². The highest BCUT2D eigenvalue weighted by atomic mass is 35.5. The molecule has 0 heterocycles. The number of aryl methyl sites for hydroxylation is 1. The van der Waals surface area contributed by atoms with Gasteiger partial charge in [0.1, 0.15) is 5.75 Å². The van der Waals surface area contributed by atoms with E-state index in [0.29, 0.717) is 10.8 Å². The van der Waals surface area contributed by atoms with Crippen LogP contribution in [0.15, 0.2) is 60.7 Å². The van der Waals surface area contributed by atoms with Gasteiger partial charge in [-0.3, -0.25) is 4.79 Å². The summed E-state index contributed by atoms with van der Waals surface area (Å²) in [5, 5.41) is 5.74. The summed E-state index contributed by atoms with van der Waals surface area (Å²) < 4.78 is 5.49. The number of ether oxygens (including phenoxy) is 1. The number of hydrogen-bond acceptors (Lipinski definition) is 2. The van der Waals surface area contributed by atoms with Gasteiger partial charge >= 0.3 is 0 Å². The van der Waals surface area contributed by atoms with Gasteiger partial charge in [0, 0.05) is 10.7 Å². The summed E-state index contributed by atoms with van der Waals surface area (Å²) in [5.41, 5.74) is 1.67. The Balaban J connectivity index is 1.62. The third-order valence-corrected chi connectivity index (χ3v) is 3.96. The van der Waals surface area contributed by atoms with Crippen LogP contribution < -0.4 is 10.1 Å². The molecule has 3 aromatic rings. The number of carbonyl (C=O) groups excluding carboxylic acids is 1. The lowest BCUT2D eigenvalue weighted by atomic mass is 10.1. The highest BCUT2D eigenvalue weighted by Gasteiger charge is 2.05. The minimum absolute atomic E-state index is 0.0477. The van der Waals surface area contributed by atoms with Gasteiger partial charge in [0.05, 0.1) is 0 Å². The summed E-state index contributed by atoms with van der Waals surface area (Å²) >= 11 is 5.96. The molecular weight excluding hydrogens is 310 g/mol. The van der Waals surface area contributed by atoms with Gasteiger partial charge in [0.2, 0.25) is 0 Å². The number of carbonyl (C=O) groups is 1. The largest absolute Gasteiger partial charge is 0.484 e. The predicted molar refractivity (Wildman–Crippen MR) is 94.3 cm³/mol. The van der Waals surface area contributed by atoms with E-state index in [0.717, 1.165) is 22.0 Å². The number of rotatable bonds is 4. The zero-order valence-corrected chi connectivity index (χ0v) is 13.4. The molecule has 0 atom stereocenters. The molecule has 0 aliphatic carbocycles. The second kappa shape index (κ2) is 6.71. The first-order valence-corrected chi connectivity index (χ1v) is 7.67. The first-order valence-electron chi connectivity index (χ1n) is 7.29. The maximum absolute atomic E-state index is 12.0. The zero-order chi connectivity index (χ0) is 16.2. The van der Waals surface area contributed by atoms with Crippen molar-refractivity contribution >= 4 is 34.0 Å². The summed E-state index contributed by atoms with van der Waals surface area (Å²) in [7, 11) is 0. The molecule has 1 N–H and O–H groups in total. The molecule has 0 spiro atoms.